The van der Waals surface area contributed by atoms with Crippen molar-refractivity contribution in [1.29, 1.82) is 0 Å². The number of rotatable bonds is 7. The average Bonchev–Trinajstić information content (AvgIpc) is 2.83. The number of hydrogen-bond donors (Lipinski definition) is 1. The fraction of sp³-hybridized carbons (Fsp3) is 0.280. The number of carbonyl (C=O) groups excluding carboxylic acids is 1. The van der Waals surface area contributed by atoms with Gasteiger partial charge in [0.25, 0.3) is 0 Å². The highest BCUT2D eigenvalue weighted by Gasteiger charge is 2.22. The van der Waals surface area contributed by atoms with Crippen LogP contribution in [-0.2, 0) is 4.79 Å². The molecule has 1 amide bonds. The summed E-state index contributed by atoms with van der Waals surface area (Å²) >= 11 is 0. The van der Waals surface area contributed by atoms with Crippen molar-refractivity contribution in [3.05, 3.63) is 96.2 Å². The number of hydrogen-bond acceptors (Lipinski definition) is 4. The lowest BCUT2D eigenvalue weighted by atomic mass is 9.98. The first kappa shape index (κ1) is 20.1. The molecule has 1 fully saturated rings. The molecule has 154 valence electrons. The topological polar surface area (TPSA) is 48.5 Å². The standard InChI is InChI=1S/C25H28N4O/c30-24(29-19-17-28(18-20-29)23-13-7-8-15-26-23)14-16-27-25(21-9-3-1-4-10-21)22-11-5-2-6-12-22/h1-13,15,25,27H,14,16-20H2. The Morgan fingerprint density at radius 2 is 1.43 bits per heavy atom. The Morgan fingerprint density at radius 1 is 0.833 bits per heavy atom. The van der Waals surface area contributed by atoms with E-state index in [9.17, 15) is 4.79 Å². The van der Waals surface area contributed by atoms with E-state index in [2.05, 4.69) is 63.7 Å². The van der Waals surface area contributed by atoms with Gasteiger partial charge >= 0.3 is 0 Å². The van der Waals surface area contributed by atoms with Gasteiger partial charge in [-0.25, -0.2) is 4.98 Å². The predicted octanol–water partition coefficient (Wildman–Crippen LogP) is 3.50. The predicted molar refractivity (Wildman–Crippen MR) is 120 cm³/mol. The minimum absolute atomic E-state index is 0.0844. The van der Waals surface area contributed by atoms with Crippen molar-refractivity contribution in [3.8, 4) is 0 Å². The summed E-state index contributed by atoms with van der Waals surface area (Å²) in [6.45, 7) is 3.79. The van der Waals surface area contributed by atoms with Gasteiger partial charge < -0.3 is 15.1 Å². The molecule has 0 spiro atoms. The Bertz CT molecular complexity index is 870. The summed E-state index contributed by atoms with van der Waals surface area (Å²) < 4.78 is 0. The maximum atomic E-state index is 12.7. The monoisotopic (exact) mass is 400 g/mol. The van der Waals surface area contributed by atoms with E-state index in [1.54, 1.807) is 0 Å². The van der Waals surface area contributed by atoms with Gasteiger partial charge in [0.2, 0.25) is 5.91 Å². The maximum absolute atomic E-state index is 12.7. The molecule has 0 aliphatic carbocycles. The molecule has 5 heteroatoms. The van der Waals surface area contributed by atoms with Crippen molar-refractivity contribution < 1.29 is 4.79 Å². The highest BCUT2D eigenvalue weighted by atomic mass is 16.2. The third-order valence-corrected chi connectivity index (χ3v) is 5.56. The van der Waals surface area contributed by atoms with Crippen LogP contribution in [0.5, 0.6) is 0 Å². The average molecular weight is 401 g/mol. The summed E-state index contributed by atoms with van der Waals surface area (Å²) in [4.78, 5) is 21.4. The number of anilines is 1. The number of nitrogens with one attached hydrogen (secondary N) is 1. The van der Waals surface area contributed by atoms with Crippen LogP contribution in [0.1, 0.15) is 23.6 Å². The molecule has 0 atom stereocenters. The van der Waals surface area contributed by atoms with Gasteiger partial charge in [0, 0.05) is 45.3 Å². The molecule has 2 heterocycles. The van der Waals surface area contributed by atoms with Gasteiger partial charge in [-0.1, -0.05) is 66.7 Å². The van der Waals surface area contributed by atoms with E-state index in [1.165, 1.54) is 11.1 Å². The van der Waals surface area contributed by atoms with Crippen molar-refractivity contribution in [3.63, 3.8) is 0 Å². The second-order valence-electron chi connectivity index (χ2n) is 7.51. The van der Waals surface area contributed by atoms with Crippen LogP contribution in [0.4, 0.5) is 5.82 Å². The van der Waals surface area contributed by atoms with Gasteiger partial charge in [-0.2, -0.15) is 0 Å². The number of nitrogens with zero attached hydrogens (tertiary/aromatic N) is 3. The van der Waals surface area contributed by atoms with E-state index in [-0.39, 0.29) is 11.9 Å². The molecule has 3 aromatic rings. The minimum atomic E-state index is 0.0844. The maximum Gasteiger partial charge on any atom is 0.223 e. The molecule has 0 saturated carbocycles. The number of benzene rings is 2. The molecule has 0 bridgehead atoms. The Labute approximate surface area is 178 Å². The smallest absolute Gasteiger partial charge is 0.223 e. The molecule has 1 aliphatic heterocycles. The SMILES string of the molecule is O=C(CCNC(c1ccccc1)c1ccccc1)N1CCN(c2ccccn2)CC1. The van der Waals surface area contributed by atoms with Crippen LogP contribution in [0.2, 0.25) is 0 Å². The van der Waals surface area contributed by atoms with Crippen LogP contribution in [0.3, 0.4) is 0 Å². The third-order valence-electron chi connectivity index (χ3n) is 5.56. The summed E-state index contributed by atoms with van der Waals surface area (Å²) in [5.41, 5.74) is 2.42. The van der Waals surface area contributed by atoms with Gasteiger partial charge in [0.15, 0.2) is 0 Å². The Morgan fingerprint density at radius 3 is 2.00 bits per heavy atom. The molecule has 1 N–H and O–H groups in total. The molecule has 0 unspecified atom stereocenters. The number of piperazine rings is 1. The quantitative estimate of drug-likeness (QED) is 0.660. The van der Waals surface area contributed by atoms with Crippen molar-refractivity contribution >= 4 is 11.7 Å². The van der Waals surface area contributed by atoms with Gasteiger partial charge in [-0.05, 0) is 23.3 Å². The lowest BCUT2D eigenvalue weighted by Crippen LogP contribution is -2.49. The second-order valence-corrected chi connectivity index (χ2v) is 7.51. The second kappa shape index (κ2) is 10.0. The lowest BCUT2D eigenvalue weighted by Gasteiger charge is -2.35. The summed E-state index contributed by atoms with van der Waals surface area (Å²) in [5.74, 6) is 1.20. The fourth-order valence-electron chi connectivity index (χ4n) is 3.93. The highest BCUT2D eigenvalue weighted by Crippen LogP contribution is 2.21. The summed E-state index contributed by atoms with van der Waals surface area (Å²) in [6.07, 6.45) is 2.31. The molecular weight excluding hydrogens is 372 g/mol. The Kier molecular flexibility index (Phi) is 6.72. The molecule has 30 heavy (non-hydrogen) atoms. The molecule has 5 nitrogen and oxygen atoms in total. The first-order valence-electron chi connectivity index (χ1n) is 10.6. The number of amides is 1. The van der Waals surface area contributed by atoms with Crippen LogP contribution in [0, 0.1) is 0 Å². The van der Waals surface area contributed by atoms with Gasteiger partial charge in [0.1, 0.15) is 5.82 Å². The molecule has 4 rings (SSSR count). The number of carbonyl (C=O) groups is 1. The largest absolute Gasteiger partial charge is 0.353 e. The fourth-order valence-corrected chi connectivity index (χ4v) is 3.93. The highest BCUT2D eigenvalue weighted by molar-refractivity contribution is 5.76. The minimum Gasteiger partial charge on any atom is -0.353 e. The molecule has 0 radical (unpaired) electrons. The number of pyridine rings is 1. The zero-order valence-corrected chi connectivity index (χ0v) is 17.2. The first-order chi connectivity index (χ1) is 14.8. The van der Waals surface area contributed by atoms with E-state index >= 15 is 0 Å². The third kappa shape index (κ3) is 5.05. The lowest BCUT2D eigenvalue weighted by molar-refractivity contribution is -0.131. The molecule has 1 saturated heterocycles. The van der Waals surface area contributed by atoms with Gasteiger partial charge in [0.05, 0.1) is 6.04 Å². The summed E-state index contributed by atoms with van der Waals surface area (Å²) in [6, 6.07) is 26.8. The van der Waals surface area contributed by atoms with E-state index in [4.69, 9.17) is 0 Å². The molecular formula is C25H28N4O. The van der Waals surface area contributed by atoms with Crippen LogP contribution >= 0.6 is 0 Å². The zero-order valence-electron chi connectivity index (χ0n) is 17.2. The van der Waals surface area contributed by atoms with Crippen LogP contribution in [0.15, 0.2) is 85.1 Å². The van der Waals surface area contributed by atoms with Crippen molar-refractivity contribution in [1.82, 2.24) is 15.2 Å². The molecule has 2 aromatic carbocycles. The van der Waals surface area contributed by atoms with E-state index in [1.807, 2.05) is 41.4 Å². The Balaban J connectivity index is 1.30. The van der Waals surface area contributed by atoms with E-state index in [0.717, 1.165) is 32.0 Å². The van der Waals surface area contributed by atoms with Crippen LogP contribution in [-0.4, -0.2) is 48.5 Å². The van der Waals surface area contributed by atoms with Gasteiger partial charge in [-0.3, -0.25) is 4.79 Å². The Hall–Kier alpha value is -3.18. The van der Waals surface area contributed by atoms with E-state index < -0.39 is 0 Å². The van der Waals surface area contributed by atoms with E-state index in [0.29, 0.717) is 13.0 Å². The van der Waals surface area contributed by atoms with Crippen molar-refractivity contribution in [2.45, 2.75) is 12.5 Å². The zero-order chi connectivity index (χ0) is 20.6. The normalized spacial score (nSPS) is 14.2. The van der Waals surface area contributed by atoms with Gasteiger partial charge in [-0.15, -0.1) is 0 Å². The van der Waals surface area contributed by atoms with Crippen LogP contribution in [0.25, 0.3) is 0 Å². The summed E-state index contributed by atoms with van der Waals surface area (Å²) in [5, 5.41) is 3.59. The molecule has 1 aromatic heterocycles. The van der Waals surface area contributed by atoms with Crippen LogP contribution < -0.4 is 10.2 Å². The summed E-state index contributed by atoms with van der Waals surface area (Å²) in [7, 11) is 0. The van der Waals surface area contributed by atoms with Crippen molar-refractivity contribution in [2.75, 3.05) is 37.6 Å². The number of aromatic nitrogens is 1. The van der Waals surface area contributed by atoms with Crippen molar-refractivity contribution in [2.24, 2.45) is 0 Å². The molecule has 1 aliphatic rings. The first-order valence-corrected chi connectivity index (χ1v) is 10.6.